The van der Waals surface area contributed by atoms with E-state index in [0.29, 0.717) is 11.5 Å². The Morgan fingerprint density at radius 2 is 2.22 bits per heavy atom. The first-order valence-corrected chi connectivity index (χ1v) is 3.76. The Kier molecular flexibility index (Phi) is 1.80. The molecular formula is C8H16O. The van der Waals surface area contributed by atoms with Crippen LogP contribution in [0.5, 0.6) is 0 Å². The SMILES string of the molecule is CC[C@@H]1CC(C)(C)CO1. The summed E-state index contributed by atoms with van der Waals surface area (Å²) in [7, 11) is 0. The molecule has 0 N–H and O–H groups in total. The van der Waals surface area contributed by atoms with Crippen LogP contribution in [0.4, 0.5) is 0 Å². The van der Waals surface area contributed by atoms with E-state index in [1.54, 1.807) is 0 Å². The highest BCUT2D eigenvalue weighted by Crippen LogP contribution is 2.32. The first-order chi connectivity index (χ1) is 4.14. The van der Waals surface area contributed by atoms with E-state index in [9.17, 15) is 0 Å². The van der Waals surface area contributed by atoms with Crippen LogP contribution in [-0.4, -0.2) is 12.7 Å². The number of ether oxygens (including phenoxy) is 1. The third-order valence-electron chi connectivity index (χ3n) is 1.95. The molecule has 1 heterocycles. The van der Waals surface area contributed by atoms with Crippen molar-refractivity contribution in [1.29, 1.82) is 0 Å². The molecule has 0 radical (unpaired) electrons. The molecule has 1 atom stereocenters. The van der Waals surface area contributed by atoms with Gasteiger partial charge in [-0.2, -0.15) is 0 Å². The zero-order chi connectivity index (χ0) is 6.91. The molecule has 1 aliphatic rings. The molecule has 0 amide bonds. The van der Waals surface area contributed by atoms with Crippen molar-refractivity contribution in [2.24, 2.45) is 5.41 Å². The molecule has 0 aromatic rings. The van der Waals surface area contributed by atoms with Gasteiger partial charge >= 0.3 is 0 Å². The van der Waals surface area contributed by atoms with Crippen molar-refractivity contribution in [3.63, 3.8) is 0 Å². The van der Waals surface area contributed by atoms with Crippen molar-refractivity contribution < 1.29 is 4.74 Å². The van der Waals surface area contributed by atoms with Gasteiger partial charge in [-0.25, -0.2) is 0 Å². The second kappa shape index (κ2) is 2.30. The fourth-order valence-electron chi connectivity index (χ4n) is 1.34. The first-order valence-electron chi connectivity index (χ1n) is 3.76. The molecule has 0 aromatic carbocycles. The highest BCUT2D eigenvalue weighted by Gasteiger charge is 2.30. The fourth-order valence-corrected chi connectivity index (χ4v) is 1.34. The molecule has 0 aromatic heterocycles. The van der Waals surface area contributed by atoms with Crippen molar-refractivity contribution in [3.8, 4) is 0 Å². The maximum Gasteiger partial charge on any atom is 0.0578 e. The minimum atomic E-state index is 0.445. The summed E-state index contributed by atoms with van der Waals surface area (Å²) in [4.78, 5) is 0. The van der Waals surface area contributed by atoms with E-state index >= 15 is 0 Å². The Morgan fingerprint density at radius 1 is 1.56 bits per heavy atom. The van der Waals surface area contributed by atoms with E-state index in [-0.39, 0.29) is 0 Å². The average Bonchev–Trinajstić information content (AvgIpc) is 2.10. The largest absolute Gasteiger partial charge is 0.378 e. The quantitative estimate of drug-likeness (QED) is 0.526. The normalized spacial score (nSPS) is 33.0. The minimum absolute atomic E-state index is 0.445. The summed E-state index contributed by atoms with van der Waals surface area (Å²) in [5, 5.41) is 0. The molecule has 54 valence electrons. The highest BCUT2D eigenvalue weighted by atomic mass is 16.5. The Hall–Kier alpha value is -0.0400. The van der Waals surface area contributed by atoms with E-state index in [2.05, 4.69) is 20.8 Å². The van der Waals surface area contributed by atoms with Crippen LogP contribution in [0.15, 0.2) is 0 Å². The van der Waals surface area contributed by atoms with E-state index < -0.39 is 0 Å². The van der Waals surface area contributed by atoms with Crippen LogP contribution in [0.1, 0.15) is 33.6 Å². The van der Waals surface area contributed by atoms with Crippen LogP contribution in [0, 0.1) is 5.41 Å². The Morgan fingerprint density at radius 3 is 2.44 bits per heavy atom. The summed E-state index contributed by atoms with van der Waals surface area (Å²) < 4.78 is 5.52. The molecule has 0 spiro atoms. The molecule has 0 aliphatic carbocycles. The summed E-state index contributed by atoms with van der Waals surface area (Å²) in [5.41, 5.74) is 0.445. The lowest BCUT2D eigenvalue weighted by molar-refractivity contribution is 0.0972. The lowest BCUT2D eigenvalue weighted by atomic mass is 9.90. The van der Waals surface area contributed by atoms with Crippen molar-refractivity contribution in [2.45, 2.75) is 39.7 Å². The van der Waals surface area contributed by atoms with Crippen molar-refractivity contribution in [1.82, 2.24) is 0 Å². The van der Waals surface area contributed by atoms with Gasteiger partial charge in [0.25, 0.3) is 0 Å². The van der Waals surface area contributed by atoms with Crippen LogP contribution in [0.2, 0.25) is 0 Å². The van der Waals surface area contributed by atoms with Crippen LogP contribution < -0.4 is 0 Å². The van der Waals surface area contributed by atoms with Crippen molar-refractivity contribution >= 4 is 0 Å². The van der Waals surface area contributed by atoms with E-state index in [4.69, 9.17) is 4.74 Å². The number of rotatable bonds is 1. The predicted octanol–water partition coefficient (Wildman–Crippen LogP) is 2.21. The van der Waals surface area contributed by atoms with Crippen LogP contribution in [-0.2, 0) is 4.74 Å². The standard InChI is InChI=1S/C8H16O/c1-4-7-5-8(2,3)6-9-7/h7H,4-6H2,1-3H3/t7-/m1/s1. The Bertz CT molecular complexity index is 96.7. The zero-order valence-corrected chi connectivity index (χ0v) is 6.61. The summed E-state index contributed by atoms with van der Waals surface area (Å²) in [6, 6.07) is 0. The van der Waals surface area contributed by atoms with Gasteiger partial charge in [0, 0.05) is 0 Å². The van der Waals surface area contributed by atoms with E-state index in [1.807, 2.05) is 0 Å². The van der Waals surface area contributed by atoms with Gasteiger partial charge in [-0.1, -0.05) is 20.8 Å². The molecule has 1 rings (SSSR count). The van der Waals surface area contributed by atoms with Gasteiger partial charge in [-0.15, -0.1) is 0 Å². The fraction of sp³-hybridized carbons (Fsp3) is 1.00. The maximum absolute atomic E-state index is 5.52. The monoisotopic (exact) mass is 128 g/mol. The van der Waals surface area contributed by atoms with Gasteiger partial charge in [0.15, 0.2) is 0 Å². The van der Waals surface area contributed by atoms with Crippen LogP contribution >= 0.6 is 0 Å². The molecule has 1 fully saturated rings. The lowest BCUT2D eigenvalue weighted by Crippen LogP contribution is -2.09. The van der Waals surface area contributed by atoms with Gasteiger partial charge in [0.05, 0.1) is 12.7 Å². The molecule has 1 saturated heterocycles. The summed E-state index contributed by atoms with van der Waals surface area (Å²) in [6.07, 6.45) is 2.95. The molecule has 0 saturated carbocycles. The zero-order valence-electron chi connectivity index (χ0n) is 6.61. The van der Waals surface area contributed by atoms with Crippen molar-refractivity contribution in [3.05, 3.63) is 0 Å². The summed E-state index contributed by atoms with van der Waals surface area (Å²) in [5.74, 6) is 0. The Balaban J connectivity index is 2.38. The first kappa shape index (κ1) is 7.07. The summed E-state index contributed by atoms with van der Waals surface area (Å²) >= 11 is 0. The molecule has 1 heteroatoms. The molecular weight excluding hydrogens is 112 g/mol. The molecule has 1 aliphatic heterocycles. The van der Waals surface area contributed by atoms with Crippen molar-refractivity contribution in [2.75, 3.05) is 6.61 Å². The van der Waals surface area contributed by atoms with Crippen LogP contribution in [0.3, 0.4) is 0 Å². The third-order valence-corrected chi connectivity index (χ3v) is 1.95. The predicted molar refractivity (Wildman–Crippen MR) is 38.4 cm³/mol. The van der Waals surface area contributed by atoms with Gasteiger partial charge < -0.3 is 4.74 Å². The van der Waals surface area contributed by atoms with Gasteiger partial charge in [0.2, 0.25) is 0 Å². The Labute approximate surface area is 57.4 Å². The highest BCUT2D eigenvalue weighted by molar-refractivity contribution is 4.79. The molecule has 0 unspecified atom stereocenters. The third kappa shape index (κ3) is 1.68. The van der Waals surface area contributed by atoms with Gasteiger partial charge in [0.1, 0.15) is 0 Å². The maximum atomic E-state index is 5.52. The van der Waals surface area contributed by atoms with Gasteiger partial charge in [-0.05, 0) is 18.3 Å². The van der Waals surface area contributed by atoms with Gasteiger partial charge in [-0.3, -0.25) is 0 Å². The molecule has 0 bridgehead atoms. The molecule has 9 heavy (non-hydrogen) atoms. The second-order valence-corrected chi connectivity index (χ2v) is 3.71. The average molecular weight is 128 g/mol. The van der Waals surface area contributed by atoms with E-state index in [0.717, 1.165) is 6.61 Å². The lowest BCUT2D eigenvalue weighted by Gasteiger charge is -2.12. The number of hydrogen-bond acceptors (Lipinski definition) is 1. The smallest absolute Gasteiger partial charge is 0.0578 e. The molecule has 1 nitrogen and oxygen atoms in total. The number of hydrogen-bond donors (Lipinski definition) is 0. The topological polar surface area (TPSA) is 9.23 Å². The second-order valence-electron chi connectivity index (χ2n) is 3.71. The van der Waals surface area contributed by atoms with E-state index in [1.165, 1.54) is 12.8 Å². The summed E-state index contributed by atoms with van der Waals surface area (Å²) in [6.45, 7) is 7.67. The minimum Gasteiger partial charge on any atom is -0.378 e. The van der Waals surface area contributed by atoms with Crippen LogP contribution in [0.25, 0.3) is 0 Å².